The van der Waals surface area contributed by atoms with Gasteiger partial charge < -0.3 is 19.5 Å². The van der Waals surface area contributed by atoms with Crippen LogP contribution in [0, 0.1) is 0 Å². The third-order valence-electron chi connectivity index (χ3n) is 3.59. The fraction of sp³-hybridized carbons (Fsp3) is 0.467. The normalized spacial score (nSPS) is 10.9. The van der Waals surface area contributed by atoms with Crippen LogP contribution in [-0.4, -0.2) is 48.7 Å². The van der Waals surface area contributed by atoms with Gasteiger partial charge in [-0.05, 0) is 26.0 Å². The Labute approximate surface area is 124 Å². The molecule has 6 nitrogen and oxygen atoms in total. The summed E-state index contributed by atoms with van der Waals surface area (Å²) in [7, 11) is 4.49. The van der Waals surface area contributed by atoms with Gasteiger partial charge in [-0.3, -0.25) is 4.79 Å². The van der Waals surface area contributed by atoms with E-state index in [2.05, 4.69) is 0 Å². The summed E-state index contributed by atoms with van der Waals surface area (Å²) in [6.45, 7) is 2.96. The number of likely N-dealkylation sites (N-methyl/N-ethyl adjacent to an activating group) is 1. The lowest BCUT2D eigenvalue weighted by molar-refractivity contribution is -0.155. The number of hydrogen-bond acceptors (Lipinski definition) is 4. The molecule has 0 saturated carbocycles. The summed E-state index contributed by atoms with van der Waals surface area (Å²) in [5.41, 5.74) is -0.688. The van der Waals surface area contributed by atoms with Gasteiger partial charge in [0.25, 0.3) is 0 Å². The van der Waals surface area contributed by atoms with E-state index in [0.717, 1.165) is 0 Å². The first kappa shape index (κ1) is 16.8. The maximum Gasteiger partial charge on any atom is 0.329 e. The van der Waals surface area contributed by atoms with Crippen molar-refractivity contribution in [3.05, 3.63) is 23.8 Å². The Hall–Kier alpha value is -2.24. The van der Waals surface area contributed by atoms with Crippen LogP contribution in [0.4, 0.5) is 0 Å². The standard InChI is InChI=1S/C15H21NO5/c1-15(2,14(18)19)16(3)13(17)9-10-11(20-4)7-6-8-12(10)21-5/h6-8H,9H2,1-5H3,(H,18,19). The van der Waals surface area contributed by atoms with Crippen molar-refractivity contribution in [1.29, 1.82) is 0 Å². The zero-order valence-corrected chi connectivity index (χ0v) is 13.0. The van der Waals surface area contributed by atoms with E-state index in [9.17, 15) is 14.7 Å². The number of benzene rings is 1. The zero-order valence-electron chi connectivity index (χ0n) is 13.0. The van der Waals surface area contributed by atoms with Gasteiger partial charge in [0.1, 0.15) is 17.0 Å². The first-order valence-electron chi connectivity index (χ1n) is 6.45. The van der Waals surface area contributed by atoms with Crippen LogP contribution >= 0.6 is 0 Å². The molecule has 0 spiro atoms. The molecule has 0 aromatic heterocycles. The highest BCUT2D eigenvalue weighted by molar-refractivity contribution is 5.87. The van der Waals surface area contributed by atoms with Crippen molar-refractivity contribution in [2.24, 2.45) is 0 Å². The molecule has 0 bridgehead atoms. The monoisotopic (exact) mass is 295 g/mol. The first-order chi connectivity index (χ1) is 9.75. The average Bonchev–Trinajstić information content (AvgIpc) is 2.46. The Morgan fingerprint density at radius 3 is 2.05 bits per heavy atom. The summed E-state index contributed by atoms with van der Waals surface area (Å²) in [6, 6.07) is 5.22. The number of methoxy groups -OCH3 is 2. The highest BCUT2D eigenvalue weighted by atomic mass is 16.5. The molecular formula is C15H21NO5. The molecule has 0 atom stereocenters. The van der Waals surface area contributed by atoms with Crippen molar-refractivity contribution in [2.75, 3.05) is 21.3 Å². The average molecular weight is 295 g/mol. The van der Waals surface area contributed by atoms with Crippen LogP contribution in [0.2, 0.25) is 0 Å². The Morgan fingerprint density at radius 2 is 1.67 bits per heavy atom. The quantitative estimate of drug-likeness (QED) is 0.862. The van der Waals surface area contributed by atoms with Gasteiger partial charge in [0.2, 0.25) is 5.91 Å². The molecule has 1 rings (SSSR count). The number of aliphatic carboxylic acids is 1. The minimum Gasteiger partial charge on any atom is -0.496 e. The molecule has 0 heterocycles. The summed E-state index contributed by atoms with van der Waals surface area (Å²) in [4.78, 5) is 24.8. The van der Waals surface area contributed by atoms with E-state index in [0.29, 0.717) is 17.1 Å². The first-order valence-corrected chi connectivity index (χ1v) is 6.45. The Bertz CT molecular complexity index is 517. The molecule has 0 aliphatic carbocycles. The second kappa shape index (κ2) is 6.47. The maximum absolute atomic E-state index is 12.4. The summed E-state index contributed by atoms with van der Waals surface area (Å²) < 4.78 is 10.5. The predicted molar refractivity (Wildman–Crippen MR) is 77.7 cm³/mol. The topological polar surface area (TPSA) is 76.1 Å². The van der Waals surface area contributed by atoms with E-state index < -0.39 is 11.5 Å². The van der Waals surface area contributed by atoms with E-state index in [4.69, 9.17) is 9.47 Å². The molecule has 1 N–H and O–H groups in total. The molecule has 1 aromatic carbocycles. The van der Waals surface area contributed by atoms with Crippen molar-refractivity contribution in [3.8, 4) is 11.5 Å². The van der Waals surface area contributed by atoms with Crippen molar-refractivity contribution >= 4 is 11.9 Å². The number of carboxylic acid groups (broad SMARTS) is 1. The number of rotatable bonds is 6. The number of carbonyl (C=O) groups excluding carboxylic acids is 1. The Kier molecular flexibility index (Phi) is 5.18. The largest absolute Gasteiger partial charge is 0.496 e. The lowest BCUT2D eigenvalue weighted by Crippen LogP contribution is -2.51. The molecule has 0 saturated heterocycles. The lowest BCUT2D eigenvalue weighted by Gasteiger charge is -2.31. The number of amides is 1. The highest BCUT2D eigenvalue weighted by Crippen LogP contribution is 2.29. The van der Waals surface area contributed by atoms with Crippen molar-refractivity contribution in [1.82, 2.24) is 4.90 Å². The van der Waals surface area contributed by atoms with Crippen LogP contribution in [0.15, 0.2) is 18.2 Å². The Morgan fingerprint density at radius 1 is 1.19 bits per heavy atom. The van der Waals surface area contributed by atoms with E-state index in [1.165, 1.54) is 40.0 Å². The van der Waals surface area contributed by atoms with E-state index >= 15 is 0 Å². The van der Waals surface area contributed by atoms with Crippen molar-refractivity contribution < 1.29 is 24.2 Å². The molecule has 6 heteroatoms. The molecule has 21 heavy (non-hydrogen) atoms. The third-order valence-corrected chi connectivity index (χ3v) is 3.59. The minimum absolute atomic E-state index is 0.000394. The fourth-order valence-corrected chi connectivity index (χ4v) is 1.83. The second-order valence-electron chi connectivity index (χ2n) is 5.13. The number of carbonyl (C=O) groups is 2. The number of carboxylic acids is 1. The second-order valence-corrected chi connectivity index (χ2v) is 5.13. The fourth-order valence-electron chi connectivity index (χ4n) is 1.83. The van der Waals surface area contributed by atoms with Gasteiger partial charge in [-0.25, -0.2) is 4.79 Å². The molecule has 1 aromatic rings. The molecule has 0 fully saturated rings. The zero-order chi connectivity index (χ0) is 16.2. The molecule has 1 amide bonds. The van der Waals surface area contributed by atoms with Gasteiger partial charge in [0, 0.05) is 12.6 Å². The molecule has 0 aliphatic rings. The van der Waals surface area contributed by atoms with E-state index in [1.807, 2.05) is 0 Å². The van der Waals surface area contributed by atoms with Crippen LogP contribution in [0.1, 0.15) is 19.4 Å². The number of ether oxygens (including phenoxy) is 2. The molecule has 116 valence electrons. The van der Waals surface area contributed by atoms with Gasteiger partial charge in [0.05, 0.1) is 20.6 Å². The predicted octanol–water partition coefficient (Wildman–Crippen LogP) is 1.57. The van der Waals surface area contributed by atoms with Gasteiger partial charge >= 0.3 is 5.97 Å². The smallest absolute Gasteiger partial charge is 0.329 e. The van der Waals surface area contributed by atoms with Crippen LogP contribution in [-0.2, 0) is 16.0 Å². The summed E-state index contributed by atoms with van der Waals surface area (Å²) in [5.74, 6) is -0.330. The lowest BCUT2D eigenvalue weighted by atomic mass is 10.0. The Balaban J connectivity index is 3.06. The maximum atomic E-state index is 12.4. The van der Waals surface area contributed by atoms with Crippen LogP contribution in [0.5, 0.6) is 11.5 Å². The number of hydrogen-bond donors (Lipinski definition) is 1. The van der Waals surface area contributed by atoms with Crippen molar-refractivity contribution in [2.45, 2.75) is 25.8 Å². The van der Waals surface area contributed by atoms with Gasteiger partial charge in [-0.15, -0.1) is 0 Å². The van der Waals surface area contributed by atoms with Gasteiger partial charge in [-0.2, -0.15) is 0 Å². The SMILES string of the molecule is COc1cccc(OC)c1CC(=O)N(C)C(C)(C)C(=O)O. The van der Waals surface area contributed by atoms with E-state index in [1.54, 1.807) is 18.2 Å². The third kappa shape index (κ3) is 3.45. The van der Waals surface area contributed by atoms with Gasteiger partial charge in [0.15, 0.2) is 0 Å². The summed E-state index contributed by atoms with van der Waals surface area (Å²) in [5, 5.41) is 9.18. The highest BCUT2D eigenvalue weighted by Gasteiger charge is 2.35. The molecule has 0 unspecified atom stereocenters. The van der Waals surface area contributed by atoms with Crippen molar-refractivity contribution in [3.63, 3.8) is 0 Å². The van der Waals surface area contributed by atoms with Crippen LogP contribution < -0.4 is 9.47 Å². The minimum atomic E-state index is -1.29. The van der Waals surface area contributed by atoms with Crippen LogP contribution in [0.3, 0.4) is 0 Å². The molecule has 0 radical (unpaired) electrons. The van der Waals surface area contributed by atoms with Crippen LogP contribution in [0.25, 0.3) is 0 Å². The van der Waals surface area contributed by atoms with E-state index in [-0.39, 0.29) is 12.3 Å². The van der Waals surface area contributed by atoms with Gasteiger partial charge in [-0.1, -0.05) is 6.07 Å². The summed E-state index contributed by atoms with van der Waals surface area (Å²) >= 11 is 0. The number of nitrogens with zero attached hydrogens (tertiary/aromatic N) is 1. The molecular weight excluding hydrogens is 274 g/mol. The summed E-state index contributed by atoms with van der Waals surface area (Å²) in [6.07, 6.45) is 0.000394. The molecule has 0 aliphatic heterocycles.